The molecule has 0 radical (unpaired) electrons. The van der Waals surface area contributed by atoms with E-state index < -0.39 is 0 Å². The summed E-state index contributed by atoms with van der Waals surface area (Å²) in [6.07, 6.45) is 22.8. The molecule has 0 bridgehead atoms. The van der Waals surface area contributed by atoms with Crippen molar-refractivity contribution in [1.82, 2.24) is 0 Å². The molecule has 0 fully saturated rings. The Kier molecular flexibility index (Phi) is 7.44. The highest BCUT2D eigenvalue weighted by Crippen LogP contribution is 2.48. The maximum Gasteiger partial charge on any atom is 0.0352 e. The Hall–Kier alpha value is -4.98. The van der Waals surface area contributed by atoms with Gasteiger partial charge < -0.3 is 0 Å². The maximum atomic E-state index is 2.49. The van der Waals surface area contributed by atoms with E-state index in [2.05, 4.69) is 159 Å². The zero-order valence-electron chi connectivity index (χ0n) is 27.3. The van der Waals surface area contributed by atoms with Crippen LogP contribution in [-0.4, -0.2) is 0 Å². The van der Waals surface area contributed by atoms with Gasteiger partial charge in [0.05, 0.1) is 0 Å². The molecule has 0 saturated heterocycles. The number of fused-ring (bicyclic) bond motifs is 3. The number of thiophene rings is 1. The van der Waals surface area contributed by atoms with Crippen LogP contribution in [0, 0.1) is 0 Å². The second-order valence-corrected chi connectivity index (χ2v) is 14.5. The van der Waals surface area contributed by atoms with E-state index in [1.54, 1.807) is 0 Å². The van der Waals surface area contributed by atoms with Crippen molar-refractivity contribution in [3.8, 4) is 21.6 Å². The van der Waals surface area contributed by atoms with E-state index in [9.17, 15) is 0 Å². The van der Waals surface area contributed by atoms with Gasteiger partial charge in [-0.25, -0.2) is 0 Å². The van der Waals surface area contributed by atoms with Gasteiger partial charge in [0.25, 0.3) is 0 Å². The van der Waals surface area contributed by atoms with Gasteiger partial charge in [0.15, 0.2) is 0 Å². The lowest BCUT2D eigenvalue weighted by Crippen LogP contribution is -2.06. The van der Waals surface area contributed by atoms with Gasteiger partial charge in [0.1, 0.15) is 0 Å². The van der Waals surface area contributed by atoms with Crippen LogP contribution in [0.4, 0.5) is 0 Å². The van der Waals surface area contributed by atoms with Crippen molar-refractivity contribution in [3.05, 3.63) is 179 Å². The number of rotatable bonds is 5. The minimum absolute atomic E-state index is 0.424. The standard InChI is InChI=1S/C47H38S/c1-31-27-28-42(37-22-9-8-21-36(31)37)46-40-25-12-10-23-38(40)45(39-24-11-13-26-41(39)46)35-20-14-19-34(29-35)44-30-43(32-15-4-2-5-16-32)47(48-44)33-17-6-3-7-18-33/h2-6,8-15,17,19-26,28-32H,7,16,18,27H2,1H3. The fourth-order valence-corrected chi connectivity index (χ4v) is 9.45. The van der Waals surface area contributed by atoms with Gasteiger partial charge in [-0.05, 0) is 115 Å². The molecule has 0 nitrogen and oxygen atoms in total. The Bertz CT molecular complexity index is 2310. The van der Waals surface area contributed by atoms with E-state index in [-0.39, 0.29) is 0 Å². The highest BCUT2D eigenvalue weighted by Gasteiger charge is 2.25. The van der Waals surface area contributed by atoms with Crippen LogP contribution in [0.3, 0.4) is 0 Å². The SMILES string of the molecule is CC1CC=C(c2c3ccccc3c(-c3cccc(-c4cc(C5C=CC=CC5)c(C5=CC=CCC5)s4)c3)c3ccccc23)c2ccccc21. The quantitative estimate of drug-likeness (QED) is 0.166. The molecule has 9 rings (SSSR count). The molecular formula is C47H38S. The Balaban J connectivity index is 1.23. The predicted octanol–water partition coefficient (Wildman–Crippen LogP) is 13.7. The van der Waals surface area contributed by atoms with E-state index >= 15 is 0 Å². The van der Waals surface area contributed by atoms with Crippen molar-refractivity contribution >= 4 is 44.0 Å². The number of benzene rings is 5. The van der Waals surface area contributed by atoms with E-state index in [1.807, 2.05) is 11.3 Å². The lowest BCUT2D eigenvalue weighted by atomic mass is 9.78. The van der Waals surface area contributed by atoms with E-state index in [0.29, 0.717) is 11.8 Å². The Morgan fingerprint density at radius 3 is 2.08 bits per heavy atom. The summed E-state index contributed by atoms with van der Waals surface area (Å²) in [5, 5.41) is 5.27. The summed E-state index contributed by atoms with van der Waals surface area (Å²) >= 11 is 1.97. The van der Waals surface area contributed by atoms with Crippen LogP contribution in [0.15, 0.2) is 152 Å². The Morgan fingerprint density at radius 1 is 0.625 bits per heavy atom. The van der Waals surface area contributed by atoms with Crippen molar-refractivity contribution in [2.45, 2.75) is 44.4 Å². The van der Waals surface area contributed by atoms with E-state index in [1.165, 1.54) is 81.4 Å². The van der Waals surface area contributed by atoms with Crippen LogP contribution in [-0.2, 0) is 0 Å². The van der Waals surface area contributed by atoms with Crippen LogP contribution in [0.2, 0.25) is 0 Å². The van der Waals surface area contributed by atoms with E-state index in [0.717, 1.165) is 25.7 Å². The minimum Gasteiger partial charge on any atom is -0.135 e. The summed E-state index contributed by atoms with van der Waals surface area (Å²) in [6, 6.07) is 39.0. The highest BCUT2D eigenvalue weighted by atomic mass is 32.1. The summed E-state index contributed by atoms with van der Waals surface area (Å²) in [5.41, 5.74) is 12.4. The summed E-state index contributed by atoms with van der Waals surface area (Å²) in [7, 11) is 0. The monoisotopic (exact) mass is 634 g/mol. The average molecular weight is 635 g/mol. The lowest BCUT2D eigenvalue weighted by molar-refractivity contribution is 0.768. The molecule has 3 aliphatic rings. The predicted molar refractivity (Wildman–Crippen MR) is 209 cm³/mol. The van der Waals surface area contributed by atoms with Crippen molar-refractivity contribution in [3.63, 3.8) is 0 Å². The van der Waals surface area contributed by atoms with Crippen LogP contribution < -0.4 is 0 Å². The number of hydrogen-bond acceptors (Lipinski definition) is 1. The van der Waals surface area contributed by atoms with Gasteiger partial charge in [0.2, 0.25) is 0 Å². The lowest BCUT2D eigenvalue weighted by Gasteiger charge is -2.26. The molecule has 6 aromatic rings. The third kappa shape index (κ3) is 4.97. The van der Waals surface area contributed by atoms with Crippen molar-refractivity contribution in [2.24, 2.45) is 0 Å². The third-order valence-corrected chi connectivity index (χ3v) is 11.8. The molecule has 1 heterocycles. The van der Waals surface area contributed by atoms with Gasteiger partial charge in [-0.15, -0.1) is 11.3 Å². The Morgan fingerprint density at radius 2 is 1.35 bits per heavy atom. The van der Waals surface area contributed by atoms with Gasteiger partial charge in [-0.1, -0.05) is 147 Å². The first-order valence-corrected chi connectivity index (χ1v) is 18.2. The Labute approximate surface area is 287 Å². The largest absolute Gasteiger partial charge is 0.135 e. The first-order valence-electron chi connectivity index (χ1n) is 17.4. The van der Waals surface area contributed by atoms with Crippen molar-refractivity contribution in [1.29, 1.82) is 0 Å². The second kappa shape index (κ2) is 12.2. The molecular weight excluding hydrogens is 597 g/mol. The minimum atomic E-state index is 0.424. The molecule has 2 unspecified atom stereocenters. The van der Waals surface area contributed by atoms with Crippen LogP contribution in [0.25, 0.3) is 54.3 Å². The molecule has 0 spiro atoms. The normalized spacial score (nSPS) is 18.6. The first-order chi connectivity index (χ1) is 23.7. The van der Waals surface area contributed by atoms with Crippen LogP contribution in [0.5, 0.6) is 0 Å². The molecule has 3 aliphatic carbocycles. The molecule has 0 saturated carbocycles. The molecule has 1 heteroatoms. The second-order valence-electron chi connectivity index (χ2n) is 13.5. The van der Waals surface area contributed by atoms with Crippen LogP contribution >= 0.6 is 11.3 Å². The fraction of sp³-hybridized carbons (Fsp3) is 0.149. The van der Waals surface area contributed by atoms with Crippen molar-refractivity contribution < 1.29 is 0 Å². The summed E-state index contributed by atoms with van der Waals surface area (Å²) < 4.78 is 0. The smallest absolute Gasteiger partial charge is 0.0352 e. The molecule has 2 atom stereocenters. The fourth-order valence-electron chi connectivity index (χ4n) is 8.17. The van der Waals surface area contributed by atoms with Crippen LogP contribution in [0.1, 0.15) is 71.6 Å². The van der Waals surface area contributed by atoms with E-state index in [4.69, 9.17) is 0 Å². The molecule has 1 aromatic heterocycles. The zero-order chi connectivity index (χ0) is 32.0. The zero-order valence-corrected chi connectivity index (χ0v) is 28.1. The average Bonchev–Trinajstić information content (AvgIpc) is 3.61. The molecule has 5 aromatic carbocycles. The first kappa shape index (κ1) is 29.2. The number of allylic oxidation sites excluding steroid dienone is 9. The third-order valence-electron chi connectivity index (χ3n) is 10.5. The summed E-state index contributed by atoms with van der Waals surface area (Å²) in [4.78, 5) is 2.81. The molecule has 0 N–H and O–H groups in total. The molecule has 48 heavy (non-hydrogen) atoms. The maximum absolute atomic E-state index is 2.49. The molecule has 232 valence electrons. The molecule has 0 amide bonds. The van der Waals surface area contributed by atoms with Crippen molar-refractivity contribution in [2.75, 3.05) is 0 Å². The summed E-state index contributed by atoms with van der Waals surface area (Å²) in [6.45, 7) is 2.35. The topological polar surface area (TPSA) is 0 Å². The van der Waals surface area contributed by atoms with Gasteiger partial charge in [-0.2, -0.15) is 0 Å². The highest BCUT2D eigenvalue weighted by molar-refractivity contribution is 7.16. The number of hydrogen-bond donors (Lipinski definition) is 0. The van der Waals surface area contributed by atoms with Gasteiger partial charge in [0, 0.05) is 15.7 Å². The van der Waals surface area contributed by atoms with Gasteiger partial charge in [-0.3, -0.25) is 0 Å². The molecule has 0 aliphatic heterocycles. The summed E-state index contributed by atoms with van der Waals surface area (Å²) in [5.74, 6) is 0.951. The van der Waals surface area contributed by atoms with Gasteiger partial charge >= 0.3 is 0 Å².